The molecule has 8 heavy (non-hydrogen) atoms. The number of aliphatic hydroxyl groups excluding tert-OH is 1. The van der Waals surface area contributed by atoms with Crippen molar-refractivity contribution in [2.24, 2.45) is 0 Å². The molecule has 0 fully saturated rings. The molecule has 1 unspecified atom stereocenters. The third-order valence-electron chi connectivity index (χ3n) is 0.646. The van der Waals surface area contributed by atoms with Gasteiger partial charge in [-0.2, -0.15) is 0 Å². The lowest BCUT2D eigenvalue weighted by molar-refractivity contribution is -0.139. The minimum atomic E-state index is -2.26. The van der Waals surface area contributed by atoms with E-state index >= 15 is 0 Å². The first-order valence-electron chi connectivity index (χ1n) is 3.71. The summed E-state index contributed by atoms with van der Waals surface area (Å²) in [5.41, 5.74) is 0. The highest BCUT2D eigenvalue weighted by Gasteiger charge is 2.04. The van der Waals surface area contributed by atoms with E-state index < -0.39 is 31.8 Å². The minimum Gasteiger partial charge on any atom is -0.481 e. The van der Waals surface area contributed by atoms with Gasteiger partial charge in [-0.25, -0.2) is 0 Å². The highest BCUT2D eigenvalue weighted by Crippen LogP contribution is 1.94. The van der Waals surface area contributed by atoms with Gasteiger partial charge in [0.15, 0.2) is 0 Å². The number of carbonyl (C=O) groups is 1. The lowest BCUT2D eigenvalue weighted by Gasteiger charge is -2.00. The Labute approximate surface area is 52.2 Å². The van der Waals surface area contributed by atoms with Crippen molar-refractivity contribution < 1.29 is 19.1 Å². The highest BCUT2D eigenvalue weighted by atomic mass is 16.4. The van der Waals surface area contributed by atoms with Gasteiger partial charge in [0, 0.05) is 4.11 Å². The fourth-order valence-corrected chi connectivity index (χ4v) is 0.274. The molecule has 0 rings (SSSR count). The normalized spacial score (nSPS) is 20.4. The Morgan fingerprint density at radius 2 is 2.62 bits per heavy atom. The van der Waals surface area contributed by atoms with Crippen molar-refractivity contribution in [3.8, 4) is 0 Å². The minimum absolute atomic E-state index is 0.473. The average molecular weight is 121 g/mol. The molecule has 3 nitrogen and oxygen atoms in total. The molecule has 0 amide bonds. The first-order valence-corrected chi connectivity index (χ1v) is 2.21. The Balaban J connectivity index is 3.69. The van der Waals surface area contributed by atoms with Crippen LogP contribution in [0.5, 0.6) is 0 Å². The Morgan fingerprint density at radius 1 is 2.00 bits per heavy atom. The SMILES string of the molecule is [2H]C([2H])([2H])CC(O)CC(=O)O. The van der Waals surface area contributed by atoms with Gasteiger partial charge >= 0.3 is 5.97 Å². The first kappa shape index (κ1) is 3.45. The van der Waals surface area contributed by atoms with Crippen LogP contribution < -0.4 is 0 Å². The predicted molar refractivity (Wildman–Crippen MR) is 28.6 cm³/mol. The van der Waals surface area contributed by atoms with Gasteiger partial charge in [-0.15, -0.1) is 0 Å². The summed E-state index contributed by atoms with van der Waals surface area (Å²) < 4.78 is 20.1. The second-order valence-corrected chi connectivity index (χ2v) is 1.46. The summed E-state index contributed by atoms with van der Waals surface area (Å²) in [4.78, 5) is 9.95. The van der Waals surface area contributed by atoms with Gasteiger partial charge in [-0.1, -0.05) is 6.85 Å². The number of hydrogen-bond donors (Lipinski definition) is 2. The van der Waals surface area contributed by atoms with Crippen molar-refractivity contribution in [3.63, 3.8) is 0 Å². The summed E-state index contributed by atoms with van der Waals surface area (Å²) in [6.07, 6.45) is -2.27. The maximum Gasteiger partial charge on any atom is 0.305 e. The van der Waals surface area contributed by atoms with Gasteiger partial charge < -0.3 is 10.2 Å². The molecule has 48 valence electrons. The van der Waals surface area contributed by atoms with Crippen molar-refractivity contribution in [3.05, 3.63) is 0 Å². The van der Waals surface area contributed by atoms with E-state index in [-0.39, 0.29) is 0 Å². The number of carboxylic acids is 1. The van der Waals surface area contributed by atoms with Crippen LogP contribution in [-0.2, 0) is 4.79 Å². The van der Waals surface area contributed by atoms with Gasteiger partial charge in [-0.05, 0) is 6.42 Å². The van der Waals surface area contributed by atoms with Crippen molar-refractivity contribution in [2.45, 2.75) is 25.8 Å². The molecule has 0 saturated heterocycles. The monoisotopic (exact) mass is 121 g/mol. The molecule has 0 saturated carbocycles. The molecule has 0 radical (unpaired) electrons. The summed E-state index contributed by atoms with van der Waals surface area (Å²) in [6.45, 7) is -2.26. The van der Waals surface area contributed by atoms with Crippen LogP contribution in [-0.4, -0.2) is 22.3 Å². The summed E-state index contributed by atoms with van der Waals surface area (Å²) >= 11 is 0. The van der Waals surface area contributed by atoms with E-state index in [1.54, 1.807) is 0 Å². The Bertz CT molecular complexity index is 142. The van der Waals surface area contributed by atoms with E-state index in [9.17, 15) is 4.79 Å². The van der Waals surface area contributed by atoms with Gasteiger partial charge in [-0.3, -0.25) is 4.79 Å². The van der Waals surface area contributed by atoms with Gasteiger partial charge in [0.05, 0.1) is 12.5 Å². The summed E-state index contributed by atoms with van der Waals surface area (Å²) in [6, 6.07) is 0. The topological polar surface area (TPSA) is 57.5 Å². The molecule has 0 heterocycles. The number of hydrogen-bond acceptors (Lipinski definition) is 2. The molecule has 0 aliphatic carbocycles. The molecule has 1 atom stereocenters. The Hall–Kier alpha value is -0.570. The van der Waals surface area contributed by atoms with Crippen LogP contribution in [0.1, 0.15) is 23.8 Å². The molecule has 3 heteroatoms. The zero-order valence-electron chi connectivity index (χ0n) is 7.29. The smallest absolute Gasteiger partial charge is 0.305 e. The van der Waals surface area contributed by atoms with E-state index in [0.29, 0.717) is 0 Å². The maximum absolute atomic E-state index is 9.95. The predicted octanol–water partition coefficient (Wildman–Crippen LogP) is 0.232. The molecule has 0 spiro atoms. The summed E-state index contributed by atoms with van der Waals surface area (Å²) in [5, 5.41) is 17.0. The second kappa shape index (κ2) is 3.43. The van der Waals surface area contributed by atoms with E-state index in [1.807, 2.05) is 0 Å². The van der Waals surface area contributed by atoms with Crippen LogP contribution in [0, 0.1) is 0 Å². The van der Waals surface area contributed by atoms with Crippen LogP contribution in [0.4, 0.5) is 0 Å². The first-order chi connectivity index (χ1) is 4.81. The molecule has 0 aromatic carbocycles. The molecule has 0 aromatic heterocycles. The van der Waals surface area contributed by atoms with Crippen LogP contribution >= 0.6 is 0 Å². The van der Waals surface area contributed by atoms with Gasteiger partial charge in [0.25, 0.3) is 0 Å². The van der Waals surface area contributed by atoms with Gasteiger partial charge in [0.1, 0.15) is 0 Å². The van der Waals surface area contributed by atoms with Crippen LogP contribution in [0.3, 0.4) is 0 Å². The molecule has 0 aromatic rings. The zero-order chi connectivity index (χ0) is 9.07. The Morgan fingerprint density at radius 3 is 3.00 bits per heavy atom. The van der Waals surface area contributed by atoms with Crippen molar-refractivity contribution in [2.75, 3.05) is 0 Å². The van der Waals surface area contributed by atoms with Crippen molar-refractivity contribution in [1.82, 2.24) is 0 Å². The largest absolute Gasteiger partial charge is 0.481 e. The zero-order valence-corrected chi connectivity index (χ0v) is 4.29. The standard InChI is InChI=1S/C5H10O3/c1-2-4(6)3-5(7)8/h4,6H,2-3H2,1H3,(H,7,8)/i1D3. The molecule has 0 aliphatic heterocycles. The van der Waals surface area contributed by atoms with Crippen molar-refractivity contribution in [1.29, 1.82) is 0 Å². The van der Waals surface area contributed by atoms with E-state index in [1.165, 1.54) is 0 Å². The number of rotatable bonds is 3. The van der Waals surface area contributed by atoms with Crippen molar-refractivity contribution >= 4 is 5.97 Å². The highest BCUT2D eigenvalue weighted by molar-refractivity contribution is 5.67. The maximum atomic E-state index is 9.95. The fraction of sp³-hybridized carbons (Fsp3) is 0.800. The van der Waals surface area contributed by atoms with Crippen LogP contribution in [0.15, 0.2) is 0 Å². The number of aliphatic carboxylic acids is 1. The fourth-order valence-electron chi connectivity index (χ4n) is 0.274. The summed E-state index contributed by atoms with van der Waals surface area (Å²) in [5.74, 6) is -1.19. The van der Waals surface area contributed by atoms with E-state index in [0.717, 1.165) is 0 Å². The van der Waals surface area contributed by atoms with E-state index in [2.05, 4.69) is 0 Å². The van der Waals surface area contributed by atoms with Crippen LogP contribution in [0.2, 0.25) is 0 Å². The van der Waals surface area contributed by atoms with Crippen LogP contribution in [0.25, 0.3) is 0 Å². The number of carboxylic acid groups (broad SMARTS) is 1. The summed E-state index contributed by atoms with van der Waals surface area (Å²) in [7, 11) is 0. The lowest BCUT2D eigenvalue weighted by atomic mass is 10.2. The third-order valence-corrected chi connectivity index (χ3v) is 0.646. The third kappa shape index (κ3) is 3.61. The average Bonchev–Trinajstić information content (AvgIpc) is 1.53. The molecular formula is C5H10O3. The van der Waals surface area contributed by atoms with Gasteiger partial charge in [0.2, 0.25) is 0 Å². The molecule has 0 bridgehead atoms. The number of aliphatic hydroxyl groups is 1. The van der Waals surface area contributed by atoms with E-state index in [4.69, 9.17) is 14.3 Å². The molecule has 2 N–H and O–H groups in total. The lowest BCUT2D eigenvalue weighted by Crippen LogP contribution is -2.10. The molecule has 0 aliphatic rings. The quantitative estimate of drug-likeness (QED) is 0.562. The second-order valence-electron chi connectivity index (χ2n) is 1.46. The Kier molecular flexibility index (Phi) is 1.48. The molecular weight excluding hydrogens is 108 g/mol.